The highest BCUT2D eigenvalue weighted by atomic mass is 32.2. The molecule has 0 amide bonds. The SMILES string of the molecule is CC(C)(C)C(=O)C1SCCCS1. The predicted octanol–water partition coefficient (Wildman–Crippen LogP) is 2.80. The smallest absolute Gasteiger partial charge is 0.161 e. The molecule has 0 radical (unpaired) electrons. The molecule has 0 atom stereocenters. The maximum Gasteiger partial charge on any atom is 0.161 e. The van der Waals surface area contributed by atoms with Crippen LogP contribution in [0, 0.1) is 5.41 Å². The molecule has 1 heterocycles. The van der Waals surface area contributed by atoms with Gasteiger partial charge >= 0.3 is 0 Å². The fourth-order valence-electron chi connectivity index (χ4n) is 0.993. The van der Waals surface area contributed by atoms with Crippen LogP contribution in [0.2, 0.25) is 0 Å². The van der Waals surface area contributed by atoms with Crippen LogP contribution in [-0.2, 0) is 4.79 Å². The van der Waals surface area contributed by atoms with Crippen LogP contribution in [0.3, 0.4) is 0 Å². The van der Waals surface area contributed by atoms with Crippen molar-refractivity contribution in [1.82, 2.24) is 0 Å². The Balaban J connectivity index is 2.51. The first-order valence-electron chi connectivity index (χ1n) is 4.29. The van der Waals surface area contributed by atoms with Gasteiger partial charge in [-0.3, -0.25) is 4.79 Å². The topological polar surface area (TPSA) is 17.1 Å². The first kappa shape index (κ1) is 10.5. The van der Waals surface area contributed by atoms with E-state index in [1.807, 2.05) is 44.3 Å². The molecule has 12 heavy (non-hydrogen) atoms. The van der Waals surface area contributed by atoms with Crippen LogP contribution in [0.5, 0.6) is 0 Å². The van der Waals surface area contributed by atoms with Gasteiger partial charge in [0, 0.05) is 5.41 Å². The van der Waals surface area contributed by atoms with E-state index in [0.717, 1.165) is 11.5 Å². The van der Waals surface area contributed by atoms with Gasteiger partial charge in [0.2, 0.25) is 0 Å². The first-order chi connectivity index (χ1) is 5.52. The van der Waals surface area contributed by atoms with E-state index >= 15 is 0 Å². The van der Waals surface area contributed by atoms with Gasteiger partial charge in [0.1, 0.15) is 4.58 Å². The van der Waals surface area contributed by atoms with Crippen LogP contribution in [0.15, 0.2) is 0 Å². The second-order valence-corrected chi connectivity index (χ2v) is 6.77. The zero-order valence-corrected chi connectivity index (χ0v) is 9.56. The minimum atomic E-state index is -0.165. The Morgan fingerprint density at radius 1 is 1.25 bits per heavy atom. The molecular formula is C9H16OS2. The van der Waals surface area contributed by atoms with Gasteiger partial charge in [-0.2, -0.15) is 0 Å². The number of Topliss-reactive ketones (excluding diaryl/α,β-unsaturated/α-hetero) is 1. The minimum Gasteiger partial charge on any atom is -0.297 e. The summed E-state index contributed by atoms with van der Waals surface area (Å²) in [5.74, 6) is 2.70. The van der Waals surface area contributed by atoms with Crippen molar-refractivity contribution in [1.29, 1.82) is 0 Å². The van der Waals surface area contributed by atoms with Gasteiger partial charge in [-0.15, -0.1) is 23.5 Å². The van der Waals surface area contributed by atoms with Crippen molar-refractivity contribution in [3.05, 3.63) is 0 Å². The molecule has 0 saturated carbocycles. The highest BCUT2D eigenvalue weighted by Crippen LogP contribution is 2.35. The fourth-order valence-corrected chi connectivity index (χ4v) is 4.20. The average molecular weight is 204 g/mol. The number of carbonyl (C=O) groups is 1. The van der Waals surface area contributed by atoms with E-state index in [2.05, 4.69) is 0 Å². The van der Waals surface area contributed by atoms with E-state index in [0.29, 0.717) is 5.78 Å². The summed E-state index contributed by atoms with van der Waals surface area (Å²) >= 11 is 3.62. The molecule has 1 nitrogen and oxygen atoms in total. The lowest BCUT2D eigenvalue weighted by molar-refractivity contribution is -0.124. The predicted molar refractivity (Wildman–Crippen MR) is 57.8 cm³/mol. The van der Waals surface area contributed by atoms with Crippen molar-refractivity contribution in [3.8, 4) is 0 Å². The number of hydrogen-bond donors (Lipinski definition) is 0. The second-order valence-electron chi connectivity index (χ2n) is 4.04. The van der Waals surface area contributed by atoms with Crippen molar-refractivity contribution >= 4 is 29.3 Å². The average Bonchev–Trinajstić information content (AvgIpc) is 2.03. The summed E-state index contributed by atoms with van der Waals surface area (Å²) in [4.78, 5) is 11.8. The molecule has 1 aliphatic rings. The summed E-state index contributed by atoms with van der Waals surface area (Å²) < 4.78 is 0.207. The van der Waals surface area contributed by atoms with Gasteiger partial charge in [-0.05, 0) is 17.9 Å². The summed E-state index contributed by atoms with van der Waals surface area (Å²) in [6, 6.07) is 0. The molecule has 0 unspecified atom stereocenters. The summed E-state index contributed by atoms with van der Waals surface area (Å²) in [6.07, 6.45) is 1.25. The molecule has 1 saturated heterocycles. The molecule has 0 aliphatic carbocycles. The van der Waals surface area contributed by atoms with Crippen molar-refractivity contribution in [2.45, 2.75) is 31.8 Å². The lowest BCUT2D eigenvalue weighted by Gasteiger charge is -2.26. The minimum absolute atomic E-state index is 0.165. The fraction of sp³-hybridized carbons (Fsp3) is 0.889. The molecule has 0 aromatic heterocycles. The molecular weight excluding hydrogens is 188 g/mol. The highest BCUT2D eigenvalue weighted by molar-refractivity contribution is 8.18. The molecule has 1 fully saturated rings. The molecule has 0 aromatic rings. The molecule has 3 heteroatoms. The normalized spacial score (nSPS) is 20.9. The number of ketones is 1. The number of rotatable bonds is 1. The van der Waals surface area contributed by atoms with E-state index in [1.54, 1.807) is 0 Å². The molecule has 1 aliphatic heterocycles. The maximum atomic E-state index is 11.8. The summed E-state index contributed by atoms with van der Waals surface area (Å²) in [6.45, 7) is 6.02. The molecule has 70 valence electrons. The van der Waals surface area contributed by atoms with E-state index in [4.69, 9.17) is 0 Å². The van der Waals surface area contributed by atoms with Gasteiger partial charge in [-0.1, -0.05) is 20.8 Å². The summed E-state index contributed by atoms with van der Waals surface area (Å²) in [7, 11) is 0. The van der Waals surface area contributed by atoms with Gasteiger partial charge in [0.25, 0.3) is 0 Å². The van der Waals surface area contributed by atoms with E-state index in [-0.39, 0.29) is 10.00 Å². The third-order valence-electron chi connectivity index (χ3n) is 1.78. The number of thioether (sulfide) groups is 2. The third kappa shape index (κ3) is 2.70. The van der Waals surface area contributed by atoms with Crippen LogP contribution in [0.1, 0.15) is 27.2 Å². The monoisotopic (exact) mass is 204 g/mol. The molecule has 0 spiro atoms. The Morgan fingerprint density at radius 2 is 1.75 bits per heavy atom. The van der Waals surface area contributed by atoms with Gasteiger partial charge < -0.3 is 0 Å². The Bertz CT molecular complexity index is 166. The Kier molecular flexibility index (Phi) is 3.53. The lowest BCUT2D eigenvalue weighted by Crippen LogP contribution is -2.30. The van der Waals surface area contributed by atoms with Crippen molar-refractivity contribution < 1.29 is 4.79 Å². The van der Waals surface area contributed by atoms with Gasteiger partial charge in [0.05, 0.1) is 0 Å². The Hall–Kier alpha value is 0.370. The third-order valence-corrected chi connectivity index (χ3v) is 4.68. The van der Waals surface area contributed by atoms with Crippen LogP contribution < -0.4 is 0 Å². The molecule has 0 aromatic carbocycles. The second kappa shape index (κ2) is 4.05. The van der Waals surface area contributed by atoms with Crippen molar-refractivity contribution in [3.63, 3.8) is 0 Å². The standard InChI is InChI=1S/C9H16OS2/c1-9(2,3)7(10)8-11-5-4-6-12-8/h8H,4-6H2,1-3H3. The maximum absolute atomic E-state index is 11.8. The zero-order valence-electron chi connectivity index (χ0n) is 7.92. The van der Waals surface area contributed by atoms with Crippen molar-refractivity contribution in [2.75, 3.05) is 11.5 Å². The summed E-state index contributed by atoms with van der Waals surface area (Å²) in [5, 5.41) is 0. The quantitative estimate of drug-likeness (QED) is 0.654. The van der Waals surface area contributed by atoms with Crippen LogP contribution >= 0.6 is 23.5 Å². The molecule has 1 rings (SSSR count). The highest BCUT2D eigenvalue weighted by Gasteiger charge is 2.31. The van der Waals surface area contributed by atoms with E-state index in [1.165, 1.54) is 6.42 Å². The number of carbonyl (C=O) groups excluding carboxylic acids is 1. The van der Waals surface area contributed by atoms with Crippen LogP contribution in [0.4, 0.5) is 0 Å². The lowest BCUT2D eigenvalue weighted by atomic mass is 9.92. The van der Waals surface area contributed by atoms with Gasteiger partial charge in [0.15, 0.2) is 5.78 Å². The zero-order chi connectivity index (χ0) is 9.19. The van der Waals surface area contributed by atoms with Crippen molar-refractivity contribution in [2.24, 2.45) is 5.41 Å². The van der Waals surface area contributed by atoms with E-state index in [9.17, 15) is 4.79 Å². The van der Waals surface area contributed by atoms with Crippen LogP contribution in [-0.4, -0.2) is 21.9 Å². The first-order valence-corrected chi connectivity index (χ1v) is 6.39. The molecule has 0 bridgehead atoms. The largest absolute Gasteiger partial charge is 0.297 e. The Morgan fingerprint density at radius 3 is 2.17 bits per heavy atom. The summed E-state index contributed by atoms with van der Waals surface area (Å²) in [5.41, 5.74) is -0.165. The van der Waals surface area contributed by atoms with Crippen LogP contribution in [0.25, 0.3) is 0 Å². The van der Waals surface area contributed by atoms with Gasteiger partial charge in [-0.25, -0.2) is 0 Å². The molecule has 0 N–H and O–H groups in total. The number of hydrogen-bond acceptors (Lipinski definition) is 3. The van der Waals surface area contributed by atoms with E-state index < -0.39 is 0 Å². The Labute approximate surface area is 83.1 Å².